The van der Waals surface area contributed by atoms with Gasteiger partial charge in [-0.2, -0.15) is 0 Å². The Bertz CT molecular complexity index is 887. The van der Waals surface area contributed by atoms with Crippen molar-refractivity contribution in [3.05, 3.63) is 52.4 Å². The molecular formula is C16H9ClO4S. The molecule has 0 amide bonds. The maximum atomic E-state index is 12.3. The van der Waals surface area contributed by atoms with E-state index in [0.29, 0.717) is 27.1 Å². The summed E-state index contributed by atoms with van der Waals surface area (Å²) in [5.41, 5.74) is 0. The molecule has 110 valence electrons. The zero-order valence-corrected chi connectivity index (χ0v) is 12.7. The van der Waals surface area contributed by atoms with E-state index in [2.05, 4.69) is 0 Å². The van der Waals surface area contributed by atoms with Gasteiger partial charge in [-0.3, -0.25) is 0 Å². The van der Waals surface area contributed by atoms with Crippen molar-refractivity contribution >= 4 is 39.0 Å². The van der Waals surface area contributed by atoms with E-state index in [4.69, 9.17) is 25.8 Å². The standard InChI is InChI=1S/C16H9ClO4S/c17-14-10-3-1-2-4-13(10)22-15(14)16(18)21-9-5-6-11-12(7-9)20-8-19-11/h1-7H,8H2. The third-order valence-electron chi connectivity index (χ3n) is 3.27. The number of rotatable bonds is 2. The summed E-state index contributed by atoms with van der Waals surface area (Å²) < 4.78 is 16.8. The number of esters is 1. The molecule has 0 aliphatic carbocycles. The highest BCUT2D eigenvalue weighted by atomic mass is 35.5. The Morgan fingerprint density at radius 2 is 1.95 bits per heavy atom. The predicted octanol–water partition coefficient (Wildman–Crippen LogP) is 4.50. The van der Waals surface area contributed by atoms with Crippen molar-refractivity contribution in [2.75, 3.05) is 6.79 Å². The van der Waals surface area contributed by atoms with E-state index in [9.17, 15) is 4.79 Å². The van der Waals surface area contributed by atoms with Crippen molar-refractivity contribution in [1.29, 1.82) is 0 Å². The van der Waals surface area contributed by atoms with Crippen LogP contribution in [-0.4, -0.2) is 12.8 Å². The number of benzene rings is 2. The molecule has 0 saturated heterocycles. The maximum Gasteiger partial charge on any atom is 0.355 e. The van der Waals surface area contributed by atoms with Crippen LogP contribution in [-0.2, 0) is 0 Å². The van der Waals surface area contributed by atoms with Crippen molar-refractivity contribution in [1.82, 2.24) is 0 Å². The molecule has 4 nitrogen and oxygen atoms in total. The zero-order valence-electron chi connectivity index (χ0n) is 11.2. The van der Waals surface area contributed by atoms with Gasteiger partial charge < -0.3 is 14.2 Å². The summed E-state index contributed by atoms with van der Waals surface area (Å²) >= 11 is 7.59. The number of thiophene rings is 1. The summed E-state index contributed by atoms with van der Waals surface area (Å²) in [4.78, 5) is 12.7. The van der Waals surface area contributed by atoms with Gasteiger partial charge in [-0.05, 0) is 18.2 Å². The van der Waals surface area contributed by atoms with Gasteiger partial charge in [-0.15, -0.1) is 11.3 Å². The van der Waals surface area contributed by atoms with Crippen LogP contribution in [0.25, 0.3) is 10.1 Å². The lowest BCUT2D eigenvalue weighted by atomic mass is 10.2. The smallest absolute Gasteiger partial charge is 0.355 e. The molecular weight excluding hydrogens is 324 g/mol. The minimum atomic E-state index is -0.481. The normalized spacial score (nSPS) is 12.6. The van der Waals surface area contributed by atoms with Gasteiger partial charge in [0.25, 0.3) is 0 Å². The molecule has 22 heavy (non-hydrogen) atoms. The van der Waals surface area contributed by atoms with Gasteiger partial charge in [0.15, 0.2) is 11.5 Å². The number of hydrogen-bond donors (Lipinski definition) is 0. The topological polar surface area (TPSA) is 44.8 Å². The molecule has 0 spiro atoms. The van der Waals surface area contributed by atoms with Crippen molar-refractivity contribution in [2.45, 2.75) is 0 Å². The fourth-order valence-corrected chi connectivity index (χ4v) is 3.62. The maximum absolute atomic E-state index is 12.3. The van der Waals surface area contributed by atoms with Gasteiger partial charge in [0, 0.05) is 16.2 Å². The van der Waals surface area contributed by atoms with Crippen LogP contribution >= 0.6 is 22.9 Å². The minimum Gasteiger partial charge on any atom is -0.454 e. The summed E-state index contributed by atoms with van der Waals surface area (Å²) in [5.74, 6) is 1.11. The second-order valence-electron chi connectivity index (χ2n) is 4.65. The molecule has 1 aliphatic heterocycles. The van der Waals surface area contributed by atoms with Crippen LogP contribution < -0.4 is 14.2 Å². The fourth-order valence-electron chi connectivity index (χ4n) is 2.24. The lowest BCUT2D eigenvalue weighted by Gasteiger charge is -2.04. The third kappa shape index (κ3) is 2.19. The molecule has 3 aromatic rings. The first-order chi connectivity index (χ1) is 10.7. The molecule has 0 atom stereocenters. The summed E-state index contributed by atoms with van der Waals surface area (Å²) in [6.45, 7) is 0.175. The molecule has 0 fully saturated rings. The Morgan fingerprint density at radius 3 is 2.82 bits per heavy atom. The summed E-state index contributed by atoms with van der Waals surface area (Å²) in [5, 5.41) is 1.28. The Kier molecular flexibility index (Phi) is 3.17. The van der Waals surface area contributed by atoms with Gasteiger partial charge in [-0.1, -0.05) is 29.8 Å². The largest absolute Gasteiger partial charge is 0.454 e. The van der Waals surface area contributed by atoms with Crippen molar-refractivity contribution in [3.63, 3.8) is 0 Å². The molecule has 4 rings (SSSR count). The number of hydrogen-bond acceptors (Lipinski definition) is 5. The highest BCUT2D eigenvalue weighted by molar-refractivity contribution is 7.21. The monoisotopic (exact) mass is 332 g/mol. The van der Waals surface area contributed by atoms with E-state index >= 15 is 0 Å². The van der Waals surface area contributed by atoms with Gasteiger partial charge in [0.1, 0.15) is 10.6 Å². The first kappa shape index (κ1) is 13.4. The Morgan fingerprint density at radius 1 is 1.14 bits per heavy atom. The van der Waals surface area contributed by atoms with E-state index < -0.39 is 5.97 Å². The molecule has 0 unspecified atom stereocenters. The quantitative estimate of drug-likeness (QED) is 0.512. The third-order valence-corrected chi connectivity index (χ3v) is 4.93. The van der Waals surface area contributed by atoms with Crippen molar-refractivity contribution < 1.29 is 19.0 Å². The van der Waals surface area contributed by atoms with Crippen LogP contribution in [0, 0.1) is 0 Å². The van der Waals surface area contributed by atoms with E-state index in [1.807, 2.05) is 24.3 Å². The second-order valence-corrected chi connectivity index (χ2v) is 6.08. The molecule has 0 N–H and O–H groups in total. The Hall–Kier alpha value is -2.24. The molecule has 0 radical (unpaired) electrons. The first-order valence-electron chi connectivity index (χ1n) is 6.51. The molecule has 2 aromatic carbocycles. The van der Waals surface area contributed by atoms with Gasteiger partial charge in [0.2, 0.25) is 6.79 Å². The Balaban J connectivity index is 1.65. The number of carbonyl (C=O) groups is 1. The van der Waals surface area contributed by atoms with Crippen LogP contribution in [0.15, 0.2) is 42.5 Å². The minimum absolute atomic E-state index is 0.175. The lowest BCUT2D eigenvalue weighted by Crippen LogP contribution is -2.06. The average Bonchev–Trinajstić information content (AvgIpc) is 3.12. The highest BCUT2D eigenvalue weighted by Crippen LogP contribution is 2.38. The molecule has 2 heterocycles. The SMILES string of the molecule is O=C(Oc1ccc2c(c1)OCO2)c1sc2ccccc2c1Cl. The highest BCUT2D eigenvalue weighted by Gasteiger charge is 2.20. The number of fused-ring (bicyclic) bond motifs is 2. The summed E-state index contributed by atoms with van der Waals surface area (Å²) in [6, 6.07) is 12.6. The fraction of sp³-hybridized carbons (Fsp3) is 0.0625. The molecule has 1 aliphatic rings. The van der Waals surface area contributed by atoms with Gasteiger partial charge in [-0.25, -0.2) is 4.79 Å². The van der Waals surface area contributed by atoms with Crippen molar-refractivity contribution in [2.24, 2.45) is 0 Å². The van der Waals surface area contributed by atoms with Crippen LogP contribution in [0.1, 0.15) is 9.67 Å². The predicted molar refractivity (Wildman–Crippen MR) is 84.4 cm³/mol. The van der Waals surface area contributed by atoms with E-state index in [0.717, 1.165) is 10.1 Å². The lowest BCUT2D eigenvalue weighted by molar-refractivity contribution is 0.0740. The molecule has 0 bridgehead atoms. The van der Waals surface area contributed by atoms with Crippen LogP contribution in [0.2, 0.25) is 5.02 Å². The molecule has 1 aromatic heterocycles. The van der Waals surface area contributed by atoms with Gasteiger partial charge in [0.05, 0.1) is 5.02 Å². The number of halogens is 1. The second kappa shape index (κ2) is 5.19. The van der Waals surface area contributed by atoms with Crippen LogP contribution in [0.3, 0.4) is 0 Å². The van der Waals surface area contributed by atoms with Crippen molar-refractivity contribution in [3.8, 4) is 17.2 Å². The average molecular weight is 333 g/mol. The number of carbonyl (C=O) groups excluding carboxylic acids is 1. The van der Waals surface area contributed by atoms with Crippen LogP contribution in [0.4, 0.5) is 0 Å². The van der Waals surface area contributed by atoms with E-state index in [1.54, 1.807) is 18.2 Å². The first-order valence-corrected chi connectivity index (χ1v) is 7.71. The zero-order chi connectivity index (χ0) is 15.1. The van der Waals surface area contributed by atoms with E-state index in [1.165, 1.54) is 11.3 Å². The Labute approximate surface area is 134 Å². The molecule has 0 saturated carbocycles. The van der Waals surface area contributed by atoms with Crippen LogP contribution in [0.5, 0.6) is 17.2 Å². The summed E-state index contributed by atoms with van der Waals surface area (Å²) in [6.07, 6.45) is 0. The summed E-state index contributed by atoms with van der Waals surface area (Å²) in [7, 11) is 0. The number of ether oxygens (including phenoxy) is 3. The molecule has 6 heteroatoms. The van der Waals surface area contributed by atoms with E-state index in [-0.39, 0.29) is 6.79 Å². The van der Waals surface area contributed by atoms with Gasteiger partial charge >= 0.3 is 5.97 Å².